The van der Waals surface area contributed by atoms with Crippen molar-refractivity contribution < 1.29 is 27.5 Å². The van der Waals surface area contributed by atoms with Crippen LogP contribution in [0.25, 0.3) is 6.08 Å². The molecule has 1 aromatic carbocycles. The molecule has 0 spiro atoms. The van der Waals surface area contributed by atoms with Gasteiger partial charge in [-0.05, 0) is 64.3 Å². The number of carbonyl (C=O) groups is 1. The highest BCUT2D eigenvalue weighted by Gasteiger charge is 2.48. The van der Waals surface area contributed by atoms with Gasteiger partial charge in [0.15, 0.2) is 0 Å². The van der Waals surface area contributed by atoms with E-state index in [0.717, 1.165) is 30.6 Å². The van der Waals surface area contributed by atoms with Gasteiger partial charge in [-0.2, -0.15) is 0 Å². The fraction of sp³-hybridized carbons (Fsp3) is 0.609. The molecule has 1 unspecified atom stereocenters. The lowest BCUT2D eigenvalue weighted by Gasteiger charge is -2.35. The van der Waals surface area contributed by atoms with E-state index in [0.29, 0.717) is 33.0 Å². The predicted octanol–water partition coefficient (Wildman–Crippen LogP) is 5.25. The summed E-state index contributed by atoms with van der Waals surface area (Å²) in [5.74, 6) is 0.445. The molecule has 0 amide bonds. The van der Waals surface area contributed by atoms with E-state index in [1.165, 1.54) is 6.08 Å². The van der Waals surface area contributed by atoms with Gasteiger partial charge in [0.2, 0.25) is 0 Å². The summed E-state index contributed by atoms with van der Waals surface area (Å²) >= 11 is 0. The van der Waals surface area contributed by atoms with Crippen LogP contribution in [0, 0.1) is 0 Å². The second-order valence-electron chi connectivity index (χ2n) is 6.68. The maximum absolute atomic E-state index is 11.4. The molecular weight excluding hydrogens is 400 g/mol. The molecule has 170 valence electrons. The average molecular weight is 439 g/mol. The summed E-state index contributed by atoms with van der Waals surface area (Å²) in [6, 6.07) is 7.62. The maximum Gasteiger partial charge on any atom is 0.504 e. The molecule has 0 aromatic heterocycles. The molecule has 0 fully saturated rings. The van der Waals surface area contributed by atoms with Gasteiger partial charge in [-0.3, -0.25) is 0 Å². The SMILES string of the molecule is CCCC(CCOc1ccc(/C=C/C(=O)OCC)cc1)[Si](OCC)(OCC)OCC. The Morgan fingerprint density at radius 1 is 0.900 bits per heavy atom. The number of carbonyl (C=O) groups excluding carboxylic acids is 1. The topological polar surface area (TPSA) is 63.2 Å². The number of rotatable bonds is 16. The van der Waals surface area contributed by atoms with E-state index in [1.54, 1.807) is 13.0 Å². The number of hydrogen-bond acceptors (Lipinski definition) is 6. The Hall–Kier alpha value is -1.67. The molecule has 7 heteroatoms. The van der Waals surface area contributed by atoms with Crippen molar-refractivity contribution in [1.29, 1.82) is 0 Å². The first-order valence-corrected chi connectivity index (χ1v) is 12.8. The third-order valence-electron chi connectivity index (χ3n) is 4.49. The first-order valence-electron chi connectivity index (χ1n) is 11.0. The summed E-state index contributed by atoms with van der Waals surface area (Å²) in [7, 11) is -2.75. The molecule has 0 aliphatic heterocycles. The molecule has 0 aliphatic carbocycles. The van der Waals surface area contributed by atoms with Gasteiger partial charge < -0.3 is 22.8 Å². The normalized spacial score (nSPS) is 12.8. The highest BCUT2D eigenvalue weighted by atomic mass is 28.4. The Kier molecular flexibility index (Phi) is 13.3. The largest absolute Gasteiger partial charge is 0.504 e. The van der Waals surface area contributed by atoms with Crippen molar-refractivity contribution in [3.8, 4) is 5.75 Å². The van der Waals surface area contributed by atoms with Crippen LogP contribution < -0.4 is 4.74 Å². The van der Waals surface area contributed by atoms with Crippen molar-refractivity contribution in [2.45, 2.75) is 59.4 Å². The van der Waals surface area contributed by atoms with Gasteiger partial charge in [-0.1, -0.05) is 25.5 Å². The second kappa shape index (κ2) is 15.2. The van der Waals surface area contributed by atoms with Crippen LogP contribution in [0.1, 0.15) is 59.4 Å². The van der Waals surface area contributed by atoms with Crippen molar-refractivity contribution in [3.63, 3.8) is 0 Å². The van der Waals surface area contributed by atoms with Crippen molar-refractivity contribution >= 4 is 20.8 Å². The molecule has 0 saturated carbocycles. The van der Waals surface area contributed by atoms with Crippen molar-refractivity contribution in [2.24, 2.45) is 0 Å². The van der Waals surface area contributed by atoms with Crippen LogP contribution >= 0.6 is 0 Å². The van der Waals surface area contributed by atoms with E-state index in [-0.39, 0.29) is 11.5 Å². The molecular formula is C23H38O6Si. The fourth-order valence-corrected chi connectivity index (χ4v) is 6.56. The average Bonchev–Trinajstić information content (AvgIpc) is 2.73. The minimum atomic E-state index is -2.75. The number of ether oxygens (including phenoxy) is 2. The van der Waals surface area contributed by atoms with Crippen LogP contribution in [0.15, 0.2) is 30.3 Å². The van der Waals surface area contributed by atoms with Crippen LogP contribution in [-0.4, -0.2) is 47.8 Å². The van der Waals surface area contributed by atoms with Crippen LogP contribution in [0.3, 0.4) is 0 Å². The molecule has 1 atom stereocenters. The van der Waals surface area contributed by atoms with Gasteiger partial charge in [0.05, 0.1) is 13.2 Å². The van der Waals surface area contributed by atoms with E-state index >= 15 is 0 Å². The van der Waals surface area contributed by atoms with E-state index in [4.69, 9.17) is 22.8 Å². The predicted molar refractivity (Wildman–Crippen MR) is 122 cm³/mol. The van der Waals surface area contributed by atoms with Gasteiger partial charge in [-0.25, -0.2) is 4.79 Å². The van der Waals surface area contributed by atoms with Gasteiger partial charge in [0.25, 0.3) is 0 Å². The Morgan fingerprint density at radius 2 is 1.50 bits per heavy atom. The quantitative estimate of drug-likeness (QED) is 0.199. The molecule has 0 radical (unpaired) electrons. The molecule has 0 heterocycles. The fourth-order valence-electron chi connectivity index (χ4n) is 3.28. The molecule has 0 N–H and O–H groups in total. The molecule has 0 bridgehead atoms. The van der Waals surface area contributed by atoms with E-state index < -0.39 is 8.80 Å². The van der Waals surface area contributed by atoms with Gasteiger partial charge in [-0.15, -0.1) is 0 Å². The summed E-state index contributed by atoms with van der Waals surface area (Å²) in [4.78, 5) is 11.4. The summed E-state index contributed by atoms with van der Waals surface area (Å²) in [6.07, 6.45) is 5.98. The third-order valence-corrected chi connectivity index (χ3v) is 8.14. The van der Waals surface area contributed by atoms with Crippen molar-refractivity contribution in [1.82, 2.24) is 0 Å². The van der Waals surface area contributed by atoms with Crippen LogP contribution in [0.2, 0.25) is 5.54 Å². The Bertz CT molecular complexity index is 600. The van der Waals surface area contributed by atoms with Gasteiger partial charge in [0, 0.05) is 31.4 Å². The molecule has 30 heavy (non-hydrogen) atoms. The Morgan fingerprint density at radius 3 is 2.00 bits per heavy atom. The number of benzene rings is 1. The summed E-state index contributed by atoms with van der Waals surface area (Å²) in [5, 5.41) is 0. The highest BCUT2D eigenvalue weighted by molar-refractivity contribution is 6.62. The van der Waals surface area contributed by atoms with Crippen molar-refractivity contribution in [2.75, 3.05) is 33.0 Å². The van der Waals surface area contributed by atoms with Crippen LogP contribution in [0.4, 0.5) is 0 Å². The van der Waals surface area contributed by atoms with E-state index in [2.05, 4.69) is 6.92 Å². The molecule has 6 nitrogen and oxygen atoms in total. The van der Waals surface area contributed by atoms with Crippen LogP contribution in [0.5, 0.6) is 5.75 Å². The first kappa shape index (κ1) is 26.4. The number of esters is 1. The van der Waals surface area contributed by atoms with Crippen LogP contribution in [-0.2, 0) is 22.8 Å². The van der Waals surface area contributed by atoms with E-state index in [9.17, 15) is 4.79 Å². The number of hydrogen-bond donors (Lipinski definition) is 0. The van der Waals surface area contributed by atoms with Crippen molar-refractivity contribution in [3.05, 3.63) is 35.9 Å². The Labute approximate surface area is 182 Å². The molecule has 0 saturated heterocycles. The summed E-state index contributed by atoms with van der Waals surface area (Å²) < 4.78 is 29.2. The zero-order valence-electron chi connectivity index (χ0n) is 19.1. The minimum Gasteiger partial charge on any atom is -0.494 e. The minimum absolute atomic E-state index is 0.203. The second-order valence-corrected chi connectivity index (χ2v) is 9.57. The standard InChI is InChI=1S/C23H38O6Si/c1-6-11-22(30(27-8-3,28-9-4)29-10-5)18-19-26-21-15-12-20(13-16-21)14-17-23(24)25-7-2/h12-17,22H,6-11,18-19H2,1-5H3/b17-14+. The Balaban J connectivity index is 2.71. The molecule has 1 rings (SSSR count). The monoisotopic (exact) mass is 438 g/mol. The summed E-state index contributed by atoms with van der Waals surface area (Å²) in [6.45, 7) is 12.6. The highest BCUT2D eigenvalue weighted by Crippen LogP contribution is 2.33. The van der Waals surface area contributed by atoms with Gasteiger partial charge >= 0.3 is 14.8 Å². The zero-order valence-corrected chi connectivity index (χ0v) is 20.1. The lowest BCUT2D eigenvalue weighted by atomic mass is 10.2. The van der Waals surface area contributed by atoms with Gasteiger partial charge in [0.1, 0.15) is 5.75 Å². The smallest absolute Gasteiger partial charge is 0.494 e. The third kappa shape index (κ3) is 9.00. The zero-order chi connectivity index (χ0) is 22.2. The lowest BCUT2D eigenvalue weighted by molar-refractivity contribution is -0.137. The molecule has 0 aliphatic rings. The summed E-state index contributed by atoms with van der Waals surface area (Å²) in [5.41, 5.74) is 1.11. The maximum atomic E-state index is 11.4. The lowest BCUT2D eigenvalue weighted by Crippen LogP contribution is -2.50. The molecule has 1 aromatic rings. The first-order chi connectivity index (χ1) is 14.5. The van der Waals surface area contributed by atoms with E-state index in [1.807, 2.05) is 45.0 Å².